The number of halogens is 1. The lowest BCUT2D eigenvalue weighted by atomic mass is 10.3. The lowest BCUT2D eigenvalue weighted by Gasteiger charge is -2.18. The highest BCUT2D eigenvalue weighted by Gasteiger charge is 2.23. The predicted octanol–water partition coefficient (Wildman–Crippen LogP) is 0.695. The van der Waals surface area contributed by atoms with E-state index in [4.69, 9.17) is 9.84 Å². The Hall–Kier alpha value is 0.0700. The predicted molar refractivity (Wildman–Crippen MR) is 41.1 cm³/mol. The van der Waals surface area contributed by atoms with Crippen LogP contribution in [0.2, 0.25) is 0 Å². The molecule has 1 atom stereocenters. The molecule has 0 rings (SSSR count). The van der Waals surface area contributed by atoms with Gasteiger partial charge in [-0.3, -0.25) is 4.79 Å². The SMILES string of the molecule is CCC(Br)(C=O)OCCO. The van der Waals surface area contributed by atoms with Crippen molar-refractivity contribution in [3.8, 4) is 0 Å². The Morgan fingerprint density at radius 2 is 2.40 bits per heavy atom. The second-order valence-corrected chi connectivity index (χ2v) is 3.17. The monoisotopic (exact) mass is 210 g/mol. The number of aliphatic hydroxyl groups excluding tert-OH is 1. The molecule has 0 bridgehead atoms. The van der Waals surface area contributed by atoms with Crippen molar-refractivity contribution < 1.29 is 14.6 Å². The fourth-order valence-electron chi connectivity index (χ4n) is 0.435. The molecule has 0 spiro atoms. The Kier molecular flexibility index (Phi) is 4.85. The van der Waals surface area contributed by atoms with Gasteiger partial charge in [0.2, 0.25) is 0 Å². The molecule has 60 valence electrons. The molecule has 0 heterocycles. The van der Waals surface area contributed by atoms with E-state index in [0.717, 1.165) is 0 Å². The van der Waals surface area contributed by atoms with Crippen LogP contribution in [0.25, 0.3) is 0 Å². The van der Waals surface area contributed by atoms with Gasteiger partial charge in [0.25, 0.3) is 0 Å². The molecule has 1 unspecified atom stereocenters. The number of aliphatic hydroxyl groups is 1. The molecule has 10 heavy (non-hydrogen) atoms. The summed E-state index contributed by atoms with van der Waals surface area (Å²) in [6, 6.07) is 0. The molecule has 0 aromatic rings. The number of carbonyl (C=O) groups excluding carboxylic acids is 1. The number of carbonyl (C=O) groups is 1. The lowest BCUT2D eigenvalue weighted by molar-refractivity contribution is -0.121. The van der Waals surface area contributed by atoms with Crippen molar-refractivity contribution in [1.82, 2.24) is 0 Å². The Balaban J connectivity index is 3.68. The number of alkyl halides is 1. The zero-order valence-corrected chi connectivity index (χ0v) is 7.43. The summed E-state index contributed by atoms with van der Waals surface area (Å²) in [6.07, 6.45) is 1.24. The first-order valence-electron chi connectivity index (χ1n) is 3.08. The Morgan fingerprint density at radius 1 is 1.80 bits per heavy atom. The highest BCUT2D eigenvalue weighted by molar-refractivity contribution is 9.10. The van der Waals surface area contributed by atoms with E-state index in [0.29, 0.717) is 12.7 Å². The van der Waals surface area contributed by atoms with E-state index < -0.39 is 4.51 Å². The highest BCUT2D eigenvalue weighted by atomic mass is 79.9. The standard InChI is InChI=1S/C6H11BrO3/c1-2-6(7,5-9)10-4-3-8/h5,8H,2-4H2,1H3. The van der Waals surface area contributed by atoms with Crippen LogP contribution in [-0.2, 0) is 9.53 Å². The van der Waals surface area contributed by atoms with Gasteiger partial charge in [-0.2, -0.15) is 0 Å². The van der Waals surface area contributed by atoms with E-state index in [-0.39, 0.29) is 13.2 Å². The summed E-state index contributed by atoms with van der Waals surface area (Å²) in [5.41, 5.74) is 0. The maximum absolute atomic E-state index is 10.3. The van der Waals surface area contributed by atoms with Crippen molar-refractivity contribution in [2.75, 3.05) is 13.2 Å². The summed E-state index contributed by atoms with van der Waals surface area (Å²) in [5.74, 6) is 0. The van der Waals surface area contributed by atoms with Crippen LogP contribution < -0.4 is 0 Å². The Morgan fingerprint density at radius 3 is 2.70 bits per heavy atom. The average Bonchev–Trinajstić information content (AvgIpc) is 2.00. The van der Waals surface area contributed by atoms with Crippen LogP contribution in [-0.4, -0.2) is 29.1 Å². The number of aldehydes is 1. The van der Waals surface area contributed by atoms with E-state index in [1.54, 1.807) is 0 Å². The van der Waals surface area contributed by atoms with Crippen molar-refractivity contribution >= 4 is 22.2 Å². The van der Waals surface area contributed by atoms with Gasteiger partial charge in [-0.25, -0.2) is 0 Å². The van der Waals surface area contributed by atoms with Crippen LogP contribution in [0.3, 0.4) is 0 Å². The lowest BCUT2D eigenvalue weighted by Crippen LogP contribution is -2.27. The summed E-state index contributed by atoms with van der Waals surface area (Å²) in [6.45, 7) is 1.93. The molecule has 0 aliphatic rings. The van der Waals surface area contributed by atoms with Gasteiger partial charge in [-0.15, -0.1) is 0 Å². The molecule has 0 fully saturated rings. The van der Waals surface area contributed by atoms with Crippen LogP contribution >= 0.6 is 15.9 Å². The Labute approximate surface area is 68.5 Å². The first-order valence-corrected chi connectivity index (χ1v) is 3.88. The molecule has 0 aliphatic carbocycles. The maximum Gasteiger partial charge on any atom is 0.177 e. The quantitative estimate of drug-likeness (QED) is 0.537. The zero-order chi connectivity index (χ0) is 8.04. The average molecular weight is 211 g/mol. The fraction of sp³-hybridized carbons (Fsp3) is 0.833. The third-order valence-corrected chi connectivity index (χ3v) is 2.07. The van der Waals surface area contributed by atoms with E-state index in [2.05, 4.69) is 15.9 Å². The third-order valence-electron chi connectivity index (χ3n) is 1.09. The van der Waals surface area contributed by atoms with Crippen molar-refractivity contribution in [1.29, 1.82) is 0 Å². The second kappa shape index (κ2) is 4.82. The molecule has 0 amide bonds. The van der Waals surface area contributed by atoms with Crippen molar-refractivity contribution in [3.63, 3.8) is 0 Å². The van der Waals surface area contributed by atoms with Gasteiger partial charge in [0, 0.05) is 0 Å². The van der Waals surface area contributed by atoms with Gasteiger partial charge >= 0.3 is 0 Å². The molecular formula is C6H11BrO3. The molecule has 0 aromatic carbocycles. The van der Waals surface area contributed by atoms with E-state index in [1.807, 2.05) is 6.92 Å². The topological polar surface area (TPSA) is 46.5 Å². The van der Waals surface area contributed by atoms with Crippen LogP contribution in [0.4, 0.5) is 0 Å². The molecule has 0 saturated carbocycles. The van der Waals surface area contributed by atoms with Crippen molar-refractivity contribution in [2.24, 2.45) is 0 Å². The number of rotatable bonds is 5. The van der Waals surface area contributed by atoms with Crippen LogP contribution in [0.5, 0.6) is 0 Å². The summed E-state index contributed by atoms with van der Waals surface area (Å²) >= 11 is 3.08. The first-order chi connectivity index (χ1) is 4.68. The minimum atomic E-state index is -0.893. The highest BCUT2D eigenvalue weighted by Crippen LogP contribution is 2.20. The van der Waals surface area contributed by atoms with Crippen LogP contribution in [0.1, 0.15) is 13.3 Å². The summed E-state index contributed by atoms with van der Waals surface area (Å²) in [4.78, 5) is 10.3. The van der Waals surface area contributed by atoms with Gasteiger partial charge < -0.3 is 9.84 Å². The van der Waals surface area contributed by atoms with Gasteiger partial charge in [0.05, 0.1) is 13.2 Å². The molecule has 3 nitrogen and oxygen atoms in total. The van der Waals surface area contributed by atoms with Crippen LogP contribution in [0.15, 0.2) is 0 Å². The molecule has 0 aromatic heterocycles. The van der Waals surface area contributed by atoms with Crippen molar-refractivity contribution in [2.45, 2.75) is 17.9 Å². The number of hydrogen-bond acceptors (Lipinski definition) is 3. The number of ether oxygens (including phenoxy) is 1. The molecule has 1 N–H and O–H groups in total. The van der Waals surface area contributed by atoms with E-state index in [1.165, 1.54) is 0 Å². The van der Waals surface area contributed by atoms with Crippen LogP contribution in [0, 0.1) is 0 Å². The fourth-order valence-corrected chi connectivity index (χ4v) is 0.597. The summed E-state index contributed by atoms with van der Waals surface area (Å²) < 4.78 is 4.08. The van der Waals surface area contributed by atoms with E-state index >= 15 is 0 Å². The largest absolute Gasteiger partial charge is 0.394 e. The van der Waals surface area contributed by atoms with Gasteiger partial charge in [-0.1, -0.05) is 6.92 Å². The van der Waals surface area contributed by atoms with E-state index in [9.17, 15) is 4.79 Å². The second-order valence-electron chi connectivity index (χ2n) is 1.83. The normalized spacial score (nSPS) is 16.3. The molecular weight excluding hydrogens is 200 g/mol. The zero-order valence-electron chi connectivity index (χ0n) is 5.84. The Bertz CT molecular complexity index is 107. The molecule has 0 saturated heterocycles. The minimum absolute atomic E-state index is 0.0683. The minimum Gasteiger partial charge on any atom is -0.394 e. The maximum atomic E-state index is 10.3. The number of hydrogen-bond donors (Lipinski definition) is 1. The van der Waals surface area contributed by atoms with Gasteiger partial charge in [0.15, 0.2) is 10.8 Å². The van der Waals surface area contributed by atoms with Crippen molar-refractivity contribution in [3.05, 3.63) is 0 Å². The van der Waals surface area contributed by atoms with Gasteiger partial charge in [0.1, 0.15) is 0 Å². The third kappa shape index (κ3) is 3.29. The first kappa shape index (κ1) is 10.1. The molecule has 4 heteroatoms. The molecule has 0 aliphatic heterocycles. The summed E-state index contributed by atoms with van der Waals surface area (Å²) in [7, 11) is 0. The van der Waals surface area contributed by atoms with Gasteiger partial charge in [-0.05, 0) is 22.4 Å². The summed E-state index contributed by atoms with van der Waals surface area (Å²) in [5, 5.41) is 8.36. The smallest absolute Gasteiger partial charge is 0.177 e. The molecule has 0 radical (unpaired) electrons.